The third-order valence-electron chi connectivity index (χ3n) is 0.109. The van der Waals surface area contributed by atoms with Gasteiger partial charge in [0.1, 0.15) is 0 Å². The molecule has 0 aliphatic carbocycles. The quantitative estimate of drug-likeness (QED) is 0.309. The Labute approximate surface area is 41.5 Å². The second-order valence-electron chi connectivity index (χ2n) is 0.478. The largest absolute Gasteiger partial charge is 0.0872 e. The van der Waals surface area contributed by atoms with Gasteiger partial charge in [-0.2, -0.15) is 0 Å². The molecule has 0 atom stereocenters. The highest BCUT2D eigenvalue weighted by molar-refractivity contribution is 14.1. The van der Waals surface area contributed by atoms with Crippen molar-refractivity contribution < 1.29 is 0 Å². The summed E-state index contributed by atoms with van der Waals surface area (Å²) >= 11 is 2.23. The summed E-state index contributed by atoms with van der Waals surface area (Å²) in [4.78, 5) is 0. The van der Waals surface area contributed by atoms with Crippen molar-refractivity contribution in [2.24, 2.45) is 0 Å². The topological polar surface area (TPSA) is 0 Å². The van der Waals surface area contributed by atoms with Gasteiger partial charge in [0.25, 0.3) is 0 Å². The lowest BCUT2D eigenvalue weighted by molar-refractivity contribution is 1.56. The lowest BCUT2D eigenvalue weighted by Gasteiger charge is -1.65. The molecule has 0 bridgehead atoms. The van der Waals surface area contributed by atoms with Crippen molar-refractivity contribution in [2.45, 2.75) is 6.32 Å². The van der Waals surface area contributed by atoms with E-state index in [1.54, 1.807) is 0 Å². The second kappa shape index (κ2) is 3.79. The Bertz CT molecular complexity index is 8.00. The molecule has 0 nitrogen and oxygen atoms in total. The molecule has 0 unspecified atom stereocenters. The van der Waals surface area contributed by atoms with Gasteiger partial charge in [0.2, 0.25) is 0 Å². The Kier molecular flexibility index (Phi) is 4.55. The molecule has 0 aromatic rings. The van der Waals surface area contributed by atoms with Crippen LogP contribution in [0.3, 0.4) is 0 Å². The molecule has 0 heterocycles. The van der Waals surface area contributed by atoms with Gasteiger partial charge in [-0.15, -0.1) is 0 Å². The number of rotatable bonds is 1. The lowest BCUT2D eigenvalue weighted by Crippen LogP contribution is -1.60. The molecule has 0 saturated carbocycles. The van der Waals surface area contributed by atoms with E-state index in [2.05, 4.69) is 22.6 Å². The predicted molar refractivity (Wildman–Crippen MR) is 29.4 cm³/mol. The van der Waals surface area contributed by atoms with Crippen molar-refractivity contribution in [1.29, 1.82) is 0 Å². The fourth-order valence-electron chi connectivity index (χ4n) is 0. The molecular weight excluding hydrogens is 162 g/mol. The minimum Gasteiger partial charge on any atom is -0.0872 e. The standard InChI is InChI=1S/C2H4BI/c3-1-2-4/h1-2H2. The van der Waals surface area contributed by atoms with Crippen molar-refractivity contribution in [3.05, 3.63) is 0 Å². The Morgan fingerprint density at radius 2 is 2.00 bits per heavy atom. The summed E-state index contributed by atoms with van der Waals surface area (Å²) in [7, 11) is 5.02. The maximum Gasteiger partial charge on any atom is 0.0663 e. The lowest BCUT2D eigenvalue weighted by atomic mass is 10.1. The van der Waals surface area contributed by atoms with Gasteiger partial charge in [-0.1, -0.05) is 28.9 Å². The van der Waals surface area contributed by atoms with Gasteiger partial charge >= 0.3 is 0 Å². The maximum atomic E-state index is 5.02. The van der Waals surface area contributed by atoms with Crippen molar-refractivity contribution in [2.75, 3.05) is 4.43 Å². The highest BCUT2D eigenvalue weighted by Gasteiger charge is 1.59. The van der Waals surface area contributed by atoms with Crippen LogP contribution in [0.4, 0.5) is 0 Å². The van der Waals surface area contributed by atoms with Crippen LogP contribution in [0.25, 0.3) is 0 Å². The summed E-state index contributed by atoms with van der Waals surface area (Å²) in [6, 6.07) is 0. The van der Waals surface area contributed by atoms with Gasteiger partial charge in [0.05, 0.1) is 7.85 Å². The first-order valence-corrected chi connectivity index (χ1v) is 2.70. The van der Waals surface area contributed by atoms with Crippen LogP contribution in [0, 0.1) is 0 Å². The number of alkyl halides is 1. The molecule has 0 aliphatic heterocycles. The first kappa shape index (κ1) is 4.79. The van der Waals surface area contributed by atoms with E-state index in [0.717, 1.165) is 10.7 Å². The predicted octanol–water partition coefficient (Wildman–Crippen LogP) is 1.01. The van der Waals surface area contributed by atoms with Crippen LogP contribution in [0.5, 0.6) is 0 Å². The molecule has 0 aliphatic rings. The zero-order chi connectivity index (χ0) is 3.41. The molecule has 0 rings (SSSR count). The van der Waals surface area contributed by atoms with Crippen molar-refractivity contribution in [1.82, 2.24) is 0 Å². The Balaban J connectivity index is 1.97. The Morgan fingerprint density at radius 1 is 1.75 bits per heavy atom. The van der Waals surface area contributed by atoms with E-state index in [1.165, 1.54) is 0 Å². The number of hydrogen-bond donors (Lipinski definition) is 0. The van der Waals surface area contributed by atoms with Gasteiger partial charge in [0.15, 0.2) is 0 Å². The van der Waals surface area contributed by atoms with Crippen molar-refractivity contribution >= 4 is 30.4 Å². The van der Waals surface area contributed by atoms with E-state index in [1.807, 2.05) is 0 Å². The van der Waals surface area contributed by atoms with Gasteiger partial charge in [0, 0.05) is 0 Å². The molecule has 0 spiro atoms. The summed E-state index contributed by atoms with van der Waals surface area (Å²) < 4.78 is 1.07. The van der Waals surface area contributed by atoms with Gasteiger partial charge in [-0.25, -0.2) is 0 Å². The van der Waals surface area contributed by atoms with Crippen LogP contribution in [0.1, 0.15) is 0 Å². The van der Waals surface area contributed by atoms with E-state index < -0.39 is 0 Å². The summed E-state index contributed by atoms with van der Waals surface area (Å²) in [5, 5.41) is 0. The first-order chi connectivity index (χ1) is 1.91. The number of hydrogen-bond acceptors (Lipinski definition) is 0. The summed E-state index contributed by atoms with van der Waals surface area (Å²) in [6.07, 6.45) is 0.806. The van der Waals surface area contributed by atoms with Gasteiger partial charge < -0.3 is 0 Å². The van der Waals surface area contributed by atoms with Crippen LogP contribution in [-0.4, -0.2) is 12.3 Å². The molecular formula is C2H4BI. The Hall–Kier alpha value is 0.795. The maximum absolute atomic E-state index is 5.02. The van der Waals surface area contributed by atoms with Gasteiger partial charge in [-0.3, -0.25) is 0 Å². The molecule has 0 saturated heterocycles. The van der Waals surface area contributed by atoms with E-state index >= 15 is 0 Å². The van der Waals surface area contributed by atoms with Gasteiger partial charge in [-0.05, 0) is 4.43 Å². The van der Waals surface area contributed by atoms with Crippen LogP contribution in [0.15, 0.2) is 0 Å². The SMILES string of the molecule is [B]CCI. The highest BCUT2D eigenvalue weighted by Crippen LogP contribution is 1.79. The van der Waals surface area contributed by atoms with Crippen molar-refractivity contribution in [3.8, 4) is 0 Å². The molecule has 4 heavy (non-hydrogen) atoms. The van der Waals surface area contributed by atoms with Crippen LogP contribution >= 0.6 is 22.6 Å². The van der Waals surface area contributed by atoms with Crippen LogP contribution in [-0.2, 0) is 0 Å². The molecule has 2 radical (unpaired) electrons. The summed E-state index contributed by atoms with van der Waals surface area (Å²) in [5.41, 5.74) is 0. The van der Waals surface area contributed by atoms with Crippen LogP contribution in [0.2, 0.25) is 6.32 Å². The third kappa shape index (κ3) is 2.79. The fourth-order valence-corrected chi connectivity index (χ4v) is 0. The van der Waals surface area contributed by atoms with E-state index in [4.69, 9.17) is 7.85 Å². The van der Waals surface area contributed by atoms with E-state index in [-0.39, 0.29) is 0 Å². The third-order valence-corrected chi connectivity index (χ3v) is 0.732. The Morgan fingerprint density at radius 3 is 2.00 bits per heavy atom. The normalized spacial score (nSPS) is 7.25. The minimum atomic E-state index is 0.806. The molecule has 0 amide bonds. The van der Waals surface area contributed by atoms with Crippen molar-refractivity contribution in [3.63, 3.8) is 0 Å². The smallest absolute Gasteiger partial charge is 0.0663 e. The highest BCUT2D eigenvalue weighted by atomic mass is 127. The molecule has 0 fully saturated rings. The zero-order valence-corrected chi connectivity index (χ0v) is 4.53. The van der Waals surface area contributed by atoms with E-state index in [0.29, 0.717) is 0 Å². The first-order valence-electron chi connectivity index (χ1n) is 1.18. The summed E-state index contributed by atoms with van der Waals surface area (Å²) in [5.74, 6) is 0. The molecule has 0 aromatic heterocycles. The average molecular weight is 166 g/mol. The summed E-state index contributed by atoms with van der Waals surface area (Å²) in [6.45, 7) is 0. The van der Waals surface area contributed by atoms with E-state index in [9.17, 15) is 0 Å². The molecule has 0 N–H and O–H groups in total. The average Bonchev–Trinajstić information content (AvgIpc) is 1.37. The minimum absolute atomic E-state index is 0.806. The fraction of sp³-hybridized carbons (Fsp3) is 1.00. The second-order valence-corrected chi connectivity index (χ2v) is 1.56. The molecule has 0 aromatic carbocycles. The molecule has 22 valence electrons. The number of halogens is 1. The molecule has 2 heteroatoms. The monoisotopic (exact) mass is 166 g/mol. The zero-order valence-electron chi connectivity index (χ0n) is 2.37. The van der Waals surface area contributed by atoms with Crippen LogP contribution < -0.4 is 0 Å².